The highest BCUT2D eigenvalue weighted by molar-refractivity contribution is 9.10. The first-order valence-electron chi connectivity index (χ1n) is 11.1. The van der Waals surface area contributed by atoms with Crippen LogP contribution < -0.4 is 10.3 Å². The van der Waals surface area contributed by atoms with E-state index >= 15 is 0 Å². The van der Waals surface area contributed by atoms with E-state index in [1.54, 1.807) is 24.4 Å². The summed E-state index contributed by atoms with van der Waals surface area (Å²) >= 11 is 3.42. The van der Waals surface area contributed by atoms with Gasteiger partial charge in [0.1, 0.15) is 18.2 Å². The summed E-state index contributed by atoms with van der Waals surface area (Å²) in [5.41, 5.74) is 2.01. The molecule has 0 radical (unpaired) electrons. The molecule has 0 saturated carbocycles. The summed E-state index contributed by atoms with van der Waals surface area (Å²) < 4.78 is 8.01. The fraction of sp³-hybridized carbons (Fsp3) is 0.192. The average Bonchev–Trinajstić information content (AvgIpc) is 2.87. The van der Waals surface area contributed by atoms with Crippen molar-refractivity contribution in [1.82, 2.24) is 9.66 Å². The minimum absolute atomic E-state index is 0.0366. The summed E-state index contributed by atoms with van der Waals surface area (Å²) in [6.07, 6.45) is 2.42. The van der Waals surface area contributed by atoms with Gasteiger partial charge in [-0.05, 0) is 60.0 Å². The van der Waals surface area contributed by atoms with Crippen molar-refractivity contribution in [3.05, 3.63) is 109 Å². The number of aromatic nitrogens is 2. The minimum Gasteiger partial charge on any atom is -0.489 e. The fourth-order valence-corrected chi connectivity index (χ4v) is 3.83. The van der Waals surface area contributed by atoms with Crippen LogP contribution in [0.15, 0.2) is 81.1 Å². The van der Waals surface area contributed by atoms with Gasteiger partial charge in [-0.25, -0.2) is 4.98 Å². The third kappa shape index (κ3) is 5.63. The topological polar surface area (TPSA) is 99.6 Å². The molecule has 3 aromatic carbocycles. The zero-order valence-corrected chi connectivity index (χ0v) is 20.8. The number of hydrogen-bond acceptors (Lipinski definition) is 6. The lowest BCUT2D eigenvalue weighted by Crippen LogP contribution is -2.23. The molecule has 1 aromatic heterocycles. The Balaban J connectivity index is 1.59. The molecular weight excluding hydrogens is 512 g/mol. The molecule has 1 atom stereocenters. The number of nitrogens with zero attached hydrogens (tertiary/aromatic N) is 4. The fourth-order valence-electron chi connectivity index (χ4n) is 3.47. The summed E-state index contributed by atoms with van der Waals surface area (Å²) in [4.78, 5) is 28.3. The predicted molar refractivity (Wildman–Crippen MR) is 139 cm³/mol. The highest BCUT2D eigenvalue weighted by Crippen LogP contribution is 2.21. The summed E-state index contributed by atoms with van der Waals surface area (Å²) in [6, 6.07) is 19.0. The van der Waals surface area contributed by atoms with E-state index in [0.717, 1.165) is 22.0 Å². The number of rotatable bonds is 8. The number of halogens is 1. The first-order valence-corrected chi connectivity index (χ1v) is 11.9. The maximum atomic E-state index is 13.3. The Hall–Kier alpha value is -3.85. The van der Waals surface area contributed by atoms with Gasteiger partial charge in [0, 0.05) is 22.5 Å². The maximum Gasteiger partial charge on any atom is 0.282 e. The lowest BCUT2D eigenvalue weighted by atomic mass is 10.1. The van der Waals surface area contributed by atoms with E-state index in [2.05, 4.69) is 21.0 Å². The quantitative estimate of drug-likeness (QED) is 0.156. The molecule has 0 spiro atoms. The van der Waals surface area contributed by atoms with Gasteiger partial charge in [0.25, 0.3) is 11.2 Å². The van der Waals surface area contributed by atoms with Crippen LogP contribution >= 0.6 is 15.9 Å². The van der Waals surface area contributed by atoms with Crippen molar-refractivity contribution < 1.29 is 9.66 Å². The normalized spacial score (nSPS) is 12.2. The van der Waals surface area contributed by atoms with Gasteiger partial charge in [0.15, 0.2) is 0 Å². The third-order valence-electron chi connectivity index (χ3n) is 5.62. The van der Waals surface area contributed by atoms with Crippen molar-refractivity contribution in [3.8, 4) is 5.75 Å². The van der Waals surface area contributed by atoms with Crippen LogP contribution in [0.2, 0.25) is 0 Å². The highest BCUT2D eigenvalue weighted by atomic mass is 79.9. The molecule has 9 heteroatoms. The van der Waals surface area contributed by atoms with Crippen LogP contribution in [0.25, 0.3) is 10.9 Å². The number of non-ortho nitro benzene ring substituents is 1. The van der Waals surface area contributed by atoms with Gasteiger partial charge in [0.05, 0.1) is 22.0 Å². The number of benzene rings is 3. The van der Waals surface area contributed by atoms with E-state index in [9.17, 15) is 14.9 Å². The molecule has 178 valence electrons. The van der Waals surface area contributed by atoms with Crippen molar-refractivity contribution in [2.75, 3.05) is 0 Å². The summed E-state index contributed by atoms with van der Waals surface area (Å²) in [7, 11) is 0. The van der Waals surface area contributed by atoms with Gasteiger partial charge in [-0.2, -0.15) is 9.78 Å². The molecule has 4 rings (SSSR count). The molecule has 1 heterocycles. The first-order chi connectivity index (χ1) is 16.9. The predicted octanol–water partition coefficient (Wildman–Crippen LogP) is 6.04. The molecule has 8 nitrogen and oxygen atoms in total. The summed E-state index contributed by atoms with van der Waals surface area (Å²) in [5, 5.41) is 15.8. The standard InChI is InChI=1S/C26H23BrN4O4/c1-3-17(2)25-29-24-12-9-20(27)14-23(24)26(32)30(25)28-15-19-5-4-6-22(13-19)35-16-18-7-10-21(11-8-18)31(33)34/h4-15,17H,3,16H2,1-2H3/t17-/m1/s1. The van der Waals surface area contributed by atoms with E-state index in [1.807, 2.05) is 50.2 Å². The maximum absolute atomic E-state index is 13.3. The molecule has 4 aromatic rings. The average molecular weight is 535 g/mol. The van der Waals surface area contributed by atoms with Crippen LogP contribution in [-0.2, 0) is 6.61 Å². The van der Waals surface area contributed by atoms with Gasteiger partial charge in [-0.1, -0.05) is 41.9 Å². The highest BCUT2D eigenvalue weighted by Gasteiger charge is 2.15. The van der Waals surface area contributed by atoms with Crippen molar-refractivity contribution in [1.29, 1.82) is 0 Å². The third-order valence-corrected chi connectivity index (χ3v) is 6.11. The van der Waals surface area contributed by atoms with E-state index in [1.165, 1.54) is 16.8 Å². The Bertz CT molecular complexity index is 1460. The molecule has 35 heavy (non-hydrogen) atoms. The molecule has 0 saturated heterocycles. The van der Waals surface area contributed by atoms with Crippen LogP contribution in [0, 0.1) is 10.1 Å². The second-order valence-corrected chi connectivity index (χ2v) is 9.00. The molecule has 0 fully saturated rings. The number of nitro benzene ring substituents is 1. The lowest BCUT2D eigenvalue weighted by Gasteiger charge is -2.14. The molecule has 0 aliphatic carbocycles. The van der Waals surface area contributed by atoms with E-state index in [-0.39, 0.29) is 23.8 Å². The first kappa shape index (κ1) is 24.3. The molecule has 0 amide bonds. The van der Waals surface area contributed by atoms with Gasteiger partial charge >= 0.3 is 0 Å². The Morgan fingerprint density at radius 2 is 1.94 bits per heavy atom. The van der Waals surface area contributed by atoms with E-state index in [0.29, 0.717) is 22.5 Å². The van der Waals surface area contributed by atoms with Crippen LogP contribution in [0.5, 0.6) is 5.75 Å². The molecule has 0 aliphatic heterocycles. The van der Waals surface area contributed by atoms with Gasteiger partial charge < -0.3 is 4.74 Å². The zero-order chi connectivity index (χ0) is 24.9. The Kier molecular flexibility index (Phi) is 7.36. The van der Waals surface area contributed by atoms with Crippen LogP contribution in [0.4, 0.5) is 5.69 Å². The SMILES string of the molecule is CC[C@@H](C)c1nc2ccc(Br)cc2c(=O)n1N=Cc1cccc(OCc2ccc([N+](=O)[O-])cc2)c1. The number of ether oxygens (including phenoxy) is 1. The van der Waals surface area contributed by atoms with Crippen molar-refractivity contribution >= 4 is 38.7 Å². The Morgan fingerprint density at radius 1 is 1.17 bits per heavy atom. The van der Waals surface area contributed by atoms with Crippen molar-refractivity contribution in [2.24, 2.45) is 5.10 Å². The second-order valence-electron chi connectivity index (χ2n) is 8.09. The number of fused-ring (bicyclic) bond motifs is 1. The number of hydrogen-bond donors (Lipinski definition) is 0. The monoisotopic (exact) mass is 534 g/mol. The largest absolute Gasteiger partial charge is 0.489 e. The molecule has 0 bridgehead atoms. The van der Waals surface area contributed by atoms with Crippen LogP contribution in [-0.4, -0.2) is 20.8 Å². The van der Waals surface area contributed by atoms with E-state index in [4.69, 9.17) is 9.72 Å². The van der Waals surface area contributed by atoms with Gasteiger partial charge in [-0.15, -0.1) is 0 Å². The van der Waals surface area contributed by atoms with E-state index < -0.39 is 4.92 Å². The van der Waals surface area contributed by atoms with Crippen molar-refractivity contribution in [2.45, 2.75) is 32.8 Å². The molecule has 0 aliphatic rings. The molecular formula is C26H23BrN4O4. The second kappa shape index (κ2) is 10.6. The Labute approximate surface area is 210 Å². The van der Waals surface area contributed by atoms with Gasteiger partial charge in [0.2, 0.25) is 0 Å². The Morgan fingerprint density at radius 3 is 2.66 bits per heavy atom. The van der Waals surface area contributed by atoms with Gasteiger partial charge in [-0.3, -0.25) is 14.9 Å². The zero-order valence-electron chi connectivity index (χ0n) is 19.2. The lowest BCUT2D eigenvalue weighted by molar-refractivity contribution is -0.384. The minimum atomic E-state index is -0.435. The molecule has 0 N–H and O–H groups in total. The summed E-state index contributed by atoms with van der Waals surface area (Å²) in [6.45, 7) is 4.33. The van der Waals surface area contributed by atoms with Crippen molar-refractivity contribution in [3.63, 3.8) is 0 Å². The van der Waals surface area contributed by atoms with Crippen LogP contribution in [0.1, 0.15) is 43.1 Å². The summed E-state index contributed by atoms with van der Waals surface area (Å²) in [5.74, 6) is 1.26. The molecule has 0 unspecified atom stereocenters. The van der Waals surface area contributed by atoms with Crippen LogP contribution in [0.3, 0.4) is 0 Å². The number of nitro groups is 1. The smallest absolute Gasteiger partial charge is 0.282 e.